The molecule has 0 aliphatic carbocycles. The van der Waals surface area contributed by atoms with Crippen LogP contribution in [0.25, 0.3) is 0 Å². The van der Waals surface area contributed by atoms with Crippen molar-refractivity contribution in [2.45, 2.75) is 13.8 Å². The summed E-state index contributed by atoms with van der Waals surface area (Å²) in [7, 11) is 4.29. The third-order valence-electron chi connectivity index (χ3n) is 2.47. The van der Waals surface area contributed by atoms with E-state index in [1.807, 2.05) is 13.8 Å². The molecule has 2 aliphatic rings. The van der Waals surface area contributed by atoms with Gasteiger partial charge in [-0.2, -0.15) is 11.8 Å². The van der Waals surface area contributed by atoms with Crippen LogP contribution in [0.15, 0.2) is 0 Å². The van der Waals surface area contributed by atoms with Crippen LogP contribution >= 0.6 is 11.8 Å². The third-order valence-corrected chi connectivity index (χ3v) is 3.41. The highest BCUT2D eigenvalue weighted by Crippen LogP contribution is 2.05. The standard InChI is InChI=1S/C5H11NO.C5H11NS.C2H6/c2*1-6-2-4-7-5-3-6;1-2/h2*2-5H2,1H3;1-2H3. The van der Waals surface area contributed by atoms with Crippen LogP contribution in [0.2, 0.25) is 0 Å². The molecule has 0 saturated carbocycles. The van der Waals surface area contributed by atoms with Crippen molar-refractivity contribution in [3.8, 4) is 0 Å². The first-order chi connectivity index (χ1) is 7.79. The van der Waals surface area contributed by atoms with E-state index in [2.05, 4.69) is 35.7 Å². The van der Waals surface area contributed by atoms with Gasteiger partial charge >= 0.3 is 0 Å². The fourth-order valence-corrected chi connectivity index (χ4v) is 2.39. The lowest BCUT2D eigenvalue weighted by atomic mass is 10.5. The summed E-state index contributed by atoms with van der Waals surface area (Å²) in [4.78, 5) is 4.64. The molecular formula is C12H28N2OS. The zero-order chi connectivity index (χ0) is 12.2. The molecule has 0 bridgehead atoms. The lowest BCUT2D eigenvalue weighted by Gasteiger charge is -2.21. The fraction of sp³-hybridized carbons (Fsp3) is 1.00. The SMILES string of the molecule is CC.CN1CCOCC1.CN1CCSCC1. The van der Waals surface area contributed by atoms with Crippen LogP contribution in [-0.2, 0) is 4.74 Å². The minimum absolute atomic E-state index is 0.913. The van der Waals surface area contributed by atoms with Gasteiger partial charge in [-0.25, -0.2) is 0 Å². The minimum Gasteiger partial charge on any atom is -0.379 e. The van der Waals surface area contributed by atoms with Crippen LogP contribution in [0.3, 0.4) is 0 Å². The molecule has 3 nitrogen and oxygen atoms in total. The molecule has 98 valence electrons. The molecule has 0 aromatic rings. The lowest BCUT2D eigenvalue weighted by Crippen LogP contribution is -2.32. The first kappa shape index (κ1) is 16.2. The second-order valence-electron chi connectivity index (χ2n) is 3.83. The van der Waals surface area contributed by atoms with E-state index >= 15 is 0 Å². The molecule has 0 atom stereocenters. The molecule has 2 fully saturated rings. The Morgan fingerprint density at radius 3 is 1.50 bits per heavy atom. The maximum Gasteiger partial charge on any atom is 0.0594 e. The second-order valence-corrected chi connectivity index (χ2v) is 5.06. The van der Waals surface area contributed by atoms with Gasteiger partial charge in [0.15, 0.2) is 0 Å². The summed E-state index contributed by atoms with van der Waals surface area (Å²) >= 11 is 2.06. The van der Waals surface area contributed by atoms with Crippen molar-refractivity contribution in [3.63, 3.8) is 0 Å². The van der Waals surface area contributed by atoms with Gasteiger partial charge in [-0.05, 0) is 14.1 Å². The van der Waals surface area contributed by atoms with Gasteiger partial charge < -0.3 is 14.5 Å². The fourth-order valence-electron chi connectivity index (χ4n) is 1.31. The van der Waals surface area contributed by atoms with Crippen LogP contribution in [0, 0.1) is 0 Å². The van der Waals surface area contributed by atoms with Gasteiger partial charge in [-0.3, -0.25) is 0 Å². The minimum atomic E-state index is 0.913. The van der Waals surface area contributed by atoms with Crippen LogP contribution in [-0.4, -0.2) is 74.8 Å². The molecule has 0 amide bonds. The van der Waals surface area contributed by atoms with E-state index in [1.165, 1.54) is 24.6 Å². The highest BCUT2D eigenvalue weighted by Gasteiger charge is 2.03. The third kappa shape index (κ3) is 9.46. The zero-order valence-electron chi connectivity index (χ0n) is 11.4. The molecule has 0 aromatic heterocycles. The quantitative estimate of drug-likeness (QED) is 0.647. The molecule has 0 spiro atoms. The number of nitrogens with zero attached hydrogens (tertiary/aromatic N) is 2. The Bertz CT molecular complexity index is 119. The summed E-state index contributed by atoms with van der Waals surface area (Å²) < 4.78 is 5.10. The van der Waals surface area contributed by atoms with Gasteiger partial charge in [0.1, 0.15) is 0 Å². The first-order valence-corrected chi connectivity index (χ1v) is 7.47. The molecule has 0 aromatic carbocycles. The van der Waals surface area contributed by atoms with E-state index in [1.54, 1.807) is 0 Å². The molecule has 2 rings (SSSR count). The molecule has 2 heterocycles. The van der Waals surface area contributed by atoms with E-state index in [0.29, 0.717) is 0 Å². The Labute approximate surface area is 106 Å². The molecule has 2 saturated heterocycles. The van der Waals surface area contributed by atoms with Gasteiger partial charge in [-0.1, -0.05) is 13.8 Å². The van der Waals surface area contributed by atoms with Gasteiger partial charge in [-0.15, -0.1) is 0 Å². The molecular weight excluding hydrogens is 220 g/mol. The number of ether oxygens (including phenoxy) is 1. The summed E-state index contributed by atoms with van der Waals surface area (Å²) in [5.41, 5.74) is 0. The van der Waals surface area contributed by atoms with Crippen LogP contribution in [0.4, 0.5) is 0 Å². The van der Waals surface area contributed by atoms with Crippen molar-refractivity contribution in [2.24, 2.45) is 0 Å². The molecule has 4 heteroatoms. The topological polar surface area (TPSA) is 15.7 Å². The van der Waals surface area contributed by atoms with Crippen LogP contribution < -0.4 is 0 Å². The van der Waals surface area contributed by atoms with E-state index < -0.39 is 0 Å². The van der Waals surface area contributed by atoms with Crippen molar-refractivity contribution in [3.05, 3.63) is 0 Å². The van der Waals surface area contributed by atoms with Gasteiger partial charge in [0.05, 0.1) is 13.2 Å². The summed E-state index contributed by atoms with van der Waals surface area (Å²) in [5.74, 6) is 2.66. The van der Waals surface area contributed by atoms with Crippen molar-refractivity contribution in [1.29, 1.82) is 0 Å². The normalized spacial score (nSPS) is 22.5. The maximum atomic E-state index is 5.10. The number of likely N-dealkylation sites (N-methyl/N-ethyl adjacent to an activating group) is 1. The largest absolute Gasteiger partial charge is 0.379 e. The van der Waals surface area contributed by atoms with Gasteiger partial charge in [0, 0.05) is 37.7 Å². The average molecular weight is 248 g/mol. The Balaban J connectivity index is 0.000000244. The summed E-state index contributed by atoms with van der Waals surface area (Å²) in [6.45, 7) is 10.6. The zero-order valence-corrected chi connectivity index (χ0v) is 12.2. The maximum absolute atomic E-state index is 5.10. The lowest BCUT2D eigenvalue weighted by molar-refractivity contribution is 0.0503. The van der Waals surface area contributed by atoms with Crippen LogP contribution in [0.5, 0.6) is 0 Å². The predicted octanol–water partition coefficient (Wildman–Crippen LogP) is 1.64. The summed E-state index contributed by atoms with van der Waals surface area (Å²) in [6.07, 6.45) is 0. The predicted molar refractivity (Wildman–Crippen MR) is 74.5 cm³/mol. The first-order valence-electron chi connectivity index (χ1n) is 6.31. The average Bonchev–Trinajstić information content (AvgIpc) is 2.34. The van der Waals surface area contributed by atoms with Gasteiger partial charge in [0.2, 0.25) is 0 Å². The van der Waals surface area contributed by atoms with Crippen molar-refractivity contribution in [2.75, 3.05) is 65.0 Å². The number of morpholine rings is 1. The highest BCUT2D eigenvalue weighted by atomic mass is 32.2. The summed E-state index contributed by atoms with van der Waals surface area (Å²) in [6, 6.07) is 0. The smallest absolute Gasteiger partial charge is 0.0594 e. The van der Waals surface area contributed by atoms with Gasteiger partial charge in [0.25, 0.3) is 0 Å². The number of thioether (sulfide) groups is 1. The van der Waals surface area contributed by atoms with E-state index in [4.69, 9.17) is 4.74 Å². The number of rotatable bonds is 0. The van der Waals surface area contributed by atoms with Crippen molar-refractivity contribution in [1.82, 2.24) is 9.80 Å². The van der Waals surface area contributed by atoms with E-state index in [9.17, 15) is 0 Å². The van der Waals surface area contributed by atoms with Crippen molar-refractivity contribution >= 4 is 11.8 Å². The molecule has 0 radical (unpaired) electrons. The Hall–Kier alpha value is 0.230. The molecule has 0 N–H and O–H groups in total. The number of hydrogen-bond acceptors (Lipinski definition) is 4. The Kier molecular flexibility index (Phi) is 11.9. The second kappa shape index (κ2) is 11.7. The monoisotopic (exact) mass is 248 g/mol. The highest BCUT2D eigenvalue weighted by molar-refractivity contribution is 7.99. The Morgan fingerprint density at radius 2 is 1.25 bits per heavy atom. The van der Waals surface area contributed by atoms with E-state index in [-0.39, 0.29) is 0 Å². The molecule has 16 heavy (non-hydrogen) atoms. The van der Waals surface area contributed by atoms with Crippen molar-refractivity contribution < 1.29 is 4.74 Å². The van der Waals surface area contributed by atoms with E-state index in [0.717, 1.165) is 26.3 Å². The molecule has 2 aliphatic heterocycles. The molecule has 0 unspecified atom stereocenters. The Morgan fingerprint density at radius 1 is 0.812 bits per heavy atom. The number of hydrogen-bond donors (Lipinski definition) is 0. The summed E-state index contributed by atoms with van der Waals surface area (Å²) in [5, 5.41) is 0. The van der Waals surface area contributed by atoms with Crippen LogP contribution in [0.1, 0.15) is 13.8 Å².